The Morgan fingerprint density at radius 3 is 1.63 bits per heavy atom. The summed E-state index contributed by atoms with van der Waals surface area (Å²) in [7, 11) is 0. The second-order valence-electron chi connectivity index (χ2n) is 25.1. The summed E-state index contributed by atoms with van der Waals surface area (Å²) >= 11 is 0. The van der Waals surface area contributed by atoms with Crippen molar-refractivity contribution < 1.29 is 4.79 Å². The molecule has 70 heavy (non-hydrogen) atoms. The summed E-state index contributed by atoms with van der Waals surface area (Å²) in [6, 6.07) is 43.4. The lowest BCUT2D eigenvalue weighted by Crippen LogP contribution is -2.48. The van der Waals surface area contributed by atoms with E-state index >= 15 is 0 Å². The van der Waals surface area contributed by atoms with Crippen LogP contribution in [0.5, 0.6) is 0 Å². The minimum absolute atomic E-state index is 0.0160. The molecule has 0 spiro atoms. The van der Waals surface area contributed by atoms with Crippen molar-refractivity contribution in [1.29, 1.82) is 5.26 Å². The lowest BCUT2D eigenvalue weighted by Gasteiger charge is -2.57. The predicted octanol–water partition coefficient (Wildman–Crippen LogP) is 16.1. The number of nitriles is 1. The van der Waals surface area contributed by atoms with Gasteiger partial charge in [-0.25, -0.2) is 0 Å². The number of rotatable bonds is 1. The number of aromatic nitrogens is 2. The van der Waals surface area contributed by atoms with Crippen molar-refractivity contribution >= 4 is 82.0 Å². The maximum Gasteiger partial charge on any atom is 0.166 e. The highest BCUT2D eigenvalue weighted by atomic mass is 16.1. The van der Waals surface area contributed by atoms with Gasteiger partial charge in [0.2, 0.25) is 0 Å². The normalized spacial score (nSPS) is 27.3. The van der Waals surface area contributed by atoms with Crippen molar-refractivity contribution in [3.8, 4) is 6.07 Å². The highest BCUT2D eigenvalue weighted by Crippen LogP contribution is 2.63. The Bertz CT molecular complexity index is 4240. The van der Waals surface area contributed by atoms with Gasteiger partial charge < -0.3 is 8.80 Å². The molecule has 0 amide bonds. The van der Waals surface area contributed by atoms with Crippen LogP contribution >= 0.6 is 0 Å². The number of carbonyl (C=O) groups is 1. The SMILES string of the molecule is CC(C)(C)c1cc2c3cc4c(cc3n3c5cc(C#N)c6c(c5c(c1)c23)C1c2ccccc2C6c2ccccc21)c1cc(C23CC5CC(CC(C5)C2)C3)cc2c3cc5c(cc3n4c21)C(=O)C1CCC5CC1. The van der Waals surface area contributed by atoms with Gasteiger partial charge in [0.25, 0.3) is 0 Å². The van der Waals surface area contributed by atoms with Crippen LogP contribution in [0, 0.1) is 35.0 Å². The summed E-state index contributed by atoms with van der Waals surface area (Å²) in [5, 5.41) is 21.8. The summed E-state index contributed by atoms with van der Waals surface area (Å²) < 4.78 is 5.16. The first-order valence-electron chi connectivity index (χ1n) is 26.8. The molecule has 4 nitrogen and oxygen atoms in total. The molecule has 5 saturated carbocycles. The Morgan fingerprint density at radius 1 is 0.543 bits per heavy atom. The molecule has 8 bridgehead atoms. The molecule has 10 aliphatic carbocycles. The lowest BCUT2D eigenvalue weighted by atomic mass is 9.48. The first-order valence-corrected chi connectivity index (χ1v) is 26.8. The number of nitrogens with zero attached hydrogens (tertiary/aromatic N) is 3. The molecule has 4 heteroatoms. The van der Waals surface area contributed by atoms with Gasteiger partial charge in [-0.15, -0.1) is 0 Å². The van der Waals surface area contributed by atoms with Gasteiger partial charge >= 0.3 is 0 Å². The van der Waals surface area contributed by atoms with E-state index in [4.69, 9.17) is 0 Å². The number of carbonyl (C=O) groups excluding carboxylic acids is 1. The van der Waals surface area contributed by atoms with E-state index in [1.54, 1.807) is 5.56 Å². The monoisotopic (exact) mass is 903 g/mol. The summed E-state index contributed by atoms with van der Waals surface area (Å²) in [4.78, 5) is 14.5. The minimum atomic E-state index is -0.0973. The van der Waals surface area contributed by atoms with E-state index < -0.39 is 0 Å². The first-order chi connectivity index (χ1) is 34.1. The van der Waals surface area contributed by atoms with Crippen molar-refractivity contribution in [3.05, 3.63) is 164 Å². The first kappa shape index (κ1) is 38.1. The molecule has 0 atom stereocenters. The quantitative estimate of drug-likeness (QED) is 0.165. The van der Waals surface area contributed by atoms with Crippen molar-refractivity contribution in [2.45, 2.75) is 114 Å². The third-order valence-electron chi connectivity index (χ3n) is 20.7. The van der Waals surface area contributed by atoms with Crippen LogP contribution in [-0.2, 0) is 10.8 Å². The summed E-state index contributed by atoms with van der Waals surface area (Å²) in [5.41, 5.74) is 21.5. The molecule has 21 rings (SSSR count). The van der Waals surface area contributed by atoms with Gasteiger partial charge in [-0.3, -0.25) is 4.79 Å². The van der Waals surface area contributed by atoms with Gasteiger partial charge in [0.15, 0.2) is 5.78 Å². The Hall–Kier alpha value is -6.70. The zero-order valence-electron chi connectivity index (χ0n) is 40.2. The molecule has 4 heterocycles. The van der Waals surface area contributed by atoms with E-state index in [9.17, 15) is 10.1 Å². The molecule has 338 valence electrons. The molecule has 5 fully saturated rings. The zero-order chi connectivity index (χ0) is 46.0. The fourth-order valence-electron chi connectivity index (χ4n) is 18.2. The largest absolute Gasteiger partial charge is 0.308 e. The Balaban J connectivity index is 0.997. The second-order valence-corrected chi connectivity index (χ2v) is 25.1. The second kappa shape index (κ2) is 12.2. The van der Waals surface area contributed by atoms with Crippen molar-refractivity contribution in [2.75, 3.05) is 0 Å². The van der Waals surface area contributed by atoms with Crippen molar-refractivity contribution in [2.24, 2.45) is 23.7 Å². The predicted molar refractivity (Wildman–Crippen MR) is 283 cm³/mol. The minimum Gasteiger partial charge on any atom is -0.308 e. The average Bonchev–Trinajstić information content (AvgIpc) is 4.05. The highest BCUT2D eigenvalue weighted by molar-refractivity contribution is 6.30. The average molecular weight is 904 g/mol. The van der Waals surface area contributed by atoms with Gasteiger partial charge in [0, 0.05) is 66.4 Å². The highest BCUT2D eigenvalue weighted by Gasteiger charge is 2.52. The van der Waals surface area contributed by atoms with E-state index in [1.807, 2.05) is 0 Å². The Kier molecular flexibility index (Phi) is 6.66. The fourth-order valence-corrected chi connectivity index (χ4v) is 18.2. The van der Waals surface area contributed by atoms with E-state index in [2.05, 4.69) is 139 Å². The molecular weight excluding hydrogens is 851 g/mol. The number of fused-ring (bicyclic) bond motifs is 14. The summed E-state index contributed by atoms with van der Waals surface area (Å²) in [6.45, 7) is 7.06. The number of ketones is 1. The fraction of sp³-hybridized carbons (Fsp3) is 0.333. The molecule has 10 aliphatic rings. The van der Waals surface area contributed by atoms with Crippen molar-refractivity contribution in [1.82, 2.24) is 8.80 Å². The van der Waals surface area contributed by atoms with Crippen molar-refractivity contribution in [3.63, 3.8) is 0 Å². The van der Waals surface area contributed by atoms with Crippen LogP contribution in [0.25, 0.3) is 76.2 Å². The van der Waals surface area contributed by atoms with Crippen LogP contribution < -0.4 is 0 Å². The molecule has 0 saturated heterocycles. The maximum atomic E-state index is 14.5. The topological polar surface area (TPSA) is 49.7 Å². The van der Waals surface area contributed by atoms with Gasteiger partial charge in [-0.05, 0) is 203 Å². The summed E-state index contributed by atoms with van der Waals surface area (Å²) in [6.07, 6.45) is 12.6. The number of hydrogen-bond donors (Lipinski definition) is 0. The van der Waals surface area contributed by atoms with Crippen LogP contribution in [0.4, 0.5) is 0 Å². The zero-order valence-corrected chi connectivity index (χ0v) is 40.2. The van der Waals surface area contributed by atoms with Crippen LogP contribution in [0.3, 0.4) is 0 Å². The number of benzene rings is 7. The molecule has 11 aromatic rings. The van der Waals surface area contributed by atoms with Crippen LogP contribution in [0.15, 0.2) is 103 Å². The van der Waals surface area contributed by atoms with E-state index in [-0.39, 0.29) is 28.6 Å². The Labute approximate surface area is 406 Å². The van der Waals surface area contributed by atoms with E-state index in [0.29, 0.717) is 11.7 Å². The standard InChI is InChI=1S/C66H53N3O/c1-65(2,3)38-20-48-46-25-53-47(26-54(46)69-56-19-37(31-67)57-58-40-8-4-6-10-42(40)59(43-11-7-5-9-41(43)58)61(57)60(56)52(21-38)63(48)69)50-23-39(66-28-32-16-33(29-66)18-34(17-32)30-66)22-49-45-24-44-35-12-14-36(15-13-35)64(70)51(44)27-55(45)68(53)62(49)50/h4-11,19-27,32-36,58-59H,12-18,28-30H2,1-3H3. The molecular formula is C66H53N3O. The molecule has 0 unspecified atom stereocenters. The van der Waals surface area contributed by atoms with Gasteiger partial charge in [0.05, 0.1) is 44.7 Å². The van der Waals surface area contributed by atoms with Crippen LogP contribution in [0.2, 0.25) is 0 Å². The van der Waals surface area contributed by atoms with Crippen LogP contribution in [0.1, 0.15) is 169 Å². The molecule has 4 aromatic heterocycles. The van der Waals surface area contributed by atoms with Gasteiger partial charge in [-0.1, -0.05) is 69.3 Å². The smallest absolute Gasteiger partial charge is 0.166 e. The third-order valence-corrected chi connectivity index (χ3v) is 20.7. The third kappa shape index (κ3) is 4.35. The number of hydrogen-bond acceptors (Lipinski definition) is 2. The molecule has 0 N–H and O–H groups in total. The van der Waals surface area contributed by atoms with Gasteiger partial charge in [-0.2, -0.15) is 5.26 Å². The molecule has 7 aromatic carbocycles. The van der Waals surface area contributed by atoms with E-state index in [0.717, 1.165) is 60.1 Å². The van der Waals surface area contributed by atoms with Crippen LogP contribution in [-0.4, -0.2) is 14.6 Å². The number of Topliss-reactive ketones (excluding diaryl/α,β-unsaturated/α-hetero) is 1. The van der Waals surface area contributed by atoms with Gasteiger partial charge in [0.1, 0.15) is 0 Å². The molecule has 0 aliphatic heterocycles. The molecule has 0 radical (unpaired) electrons. The summed E-state index contributed by atoms with van der Waals surface area (Å²) in [5.74, 6) is 3.62. The van der Waals surface area contributed by atoms with E-state index in [1.165, 1.54) is 154 Å². The maximum absolute atomic E-state index is 14.5. The lowest BCUT2D eigenvalue weighted by molar-refractivity contribution is -0.00508. The Morgan fingerprint density at radius 2 is 1.04 bits per heavy atom.